The second kappa shape index (κ2) is 6.52. The third-order valence-corrected chi connectivity index (χ3v) is 2.67. The fraction of sp³-hybridized carbons (Fsp3) is 0.333. The molecule has 5 heteroatoms. The van der Waals surface area contributed by atoms with Crippen molar-refractivity contribution in [2.24, 2.45) is 0 Å². The third-order valence-electron chi connectivity index (χ3n) is 2.67. The van der Waals surface area contributed by atoms with Gasteiger partial charge in [0.2, 0.25) is 0 Å². The van der Waals surface area contributed by atoms with Crippen LogP contribution >= 0.6 is 0 Å². The molecule has 20 heavy (non-hydrogen) atoms. The molecule has 0 aliphatic rings. The number of hydrogen-bond donors (Lipinski definition) is 1. The van der Waals surface area contributed by atoms with Crippen LogP contribution in [0.5, 0.6) is 5.75 Å². The number of rotatable bonds is 6. The van der Waals surface area contributed by atoms with E-state index in [0.717, 1.165) is 17.9 Å². The second-order valence-electron chi connectivity index (χ2n) is 4.77. The molecule has 1 N–H and O–H groups in total. The molecule has 0 saturated heterocycles. The van der Waals surface area contributed by atoms with Crippen LogP contribution in [0.25, 0.3) is 0 Å². The number of halogens is 2. The summed E-state index contributed by atoms with van der Waals surface area (Å²) in [5.41, 5.74) is 0. The number of furan rings is 1. The van der Waals surface area contributed by atoms with Crippen LogP contribution in [-0.4, -0.2) is 6.04 Å². The summed E-state index contributed by atoms with van der Waals surface area (Å²) in [6, 6.07) is 7.46. The predicted molar refractivity (Wildman–Crippen MR) is 71.4 cm³/mol. The molecular weight excluding hydrogens is 264 g/mol. The highest BCUT2D eigenvalue weighted by atomic mass is 19.2. The lowest BCUT2D eigenvalue weighted by molar-refractivity contribution is 0.263. The average Bonchev–Trinajstić information content (AvgIpc) is 2.86. The molecule has 2 rings (SSSR count). The molecule has 0 amide bonds. The molecule has 0 fully saturated rings. The van der Waals surface area contributed by atoms with Gasteiger partial charge in [-0.2, -0.15) is 0 Å². The second-order valence-corrected chi connectivity index (χ2v) is 4.77. The molecule has 0 radical (unpaired) electrons. The van der Waals surface area contributed by atoms with E-state index in [9.17, 15) is 8.78 Å². The molecule has 0 saturated carbocycles. The maximum atomic E-state index is 13.0. The fourth-order valence-electron chi connectivity index (χ4n) is 1.62. The zero-order valence-corrected chi connectivity index (χ0v) is 11.5. The van der Waals surface area contributed by atoms with E-state index in [2.05, 4.69) is 19.2 Å². The molecule has 0 unspecified atom stereocenters. The quantitative estimate of drug-likeness (QED) is 0.878. The maximum Gasteiger partial charge on any atom is 0.162 e. The Morgan fingerprint density at radius 1 is 1.10 bits per heavy atom. The Labute approximate surface area is 116 Å². The van der Waals surface area contributed by atoms with Gasteiger partial charge >= 0.3 is 0 Å². The molecule has 0 aliphatic carbocycles. The van der Waals surface area contributed by atoms with Crippen molar-refractivity contribution >= 4 is 0 Å². The predicted octanol–water partition coefficient (Wildman–Crippen LogP) is 3.63. The smallest absolute Gasteiger partial charge is 0.162 e. The van der Waals surface area contributed by atoms with Crippen LogP contribution < -0.4 is 10.1 Å². The van der Waals surface area contributed by atoms with Crippen molar-refractivity contribution in [2.45, 2.75) is 33.0 Å². The van der Waals surface area contributed by atoms with Crippen molar-refractivity contribution in [1.29, 1.82) is 0 Å². The summed E-state index contributed by atoms with van der Waals surface area (Å²) >= 11 is 0. The van der Waals surface area contributed by atoms with E-state index in [4.69, 9.17) is 9.15 Å². The van der Waals surface area contributed by atoms with Gasteiger partial charge in [-0.3, -0.25) is 0 Å². The molecule has 0 bridgehead atoms. The van der Waals surface area contributed by atoms with E-state index in [1.54, 1.807) is 6.07 Å². The molecule has 1 heterocycles. The first kappa shape index (κ1) is 14.5. The zero-order chi connectivity index (χ0) is 14.5. The highest BCUT2D eigenvalue weighted by molar-refractivity contribution is 5.23. The van der Waals surface area contributed by atoms with Crippen LogP contribution in [0, 0.1) is 11.6 Å². The first-order valence-electron chi connectivity index (χ1n) is 6.43. The molecule has 0 spiro atoms. The molecule has 2 aromatic rings. The van der Waals surface area contributed by atoms with Gasteiger partial charge < -0.3 is 14.5 Å². The fourth-order valence-corrected chi connectivity index (χ4v) is 1.62. The Morgan fingerprint density at radius 2 is 1.85 bits per heavy atom. The molecule has 0 aliphatic heterocycles. The molecule has 3 nitrogen and oxygen atoms in total. The van der Waals surface area contributed by atoms with E-state index < -0.39 is 11.6 Å². The molecule has 108 valence electrons. The Balaban J connectivity index is 1.89. The SMILES string of the molecule is CC(C)NCc1ccc(COc2ccc(F)c(F)c2)o1. The van der Waals surface area contributed by atoms with Gasteiger partial charge in [-0.15, -0.1) is 0 Å². The van der Waals surface area contributed by atoms with Gasteiger partial charge in [-0.1, -0.05) is 13.8 Å². The Hall–Kier alpha value is -1.88. The summed E-state index contributed by atoms with van der Waals surface area (Å²) in [5, 5.41) is 3.24. The highest BCUT2D eigenvalue weighted by Gasteiger charge is 2.06. The Kier molecular flexibility index (Phi) is 4.74. The minimum Gasteiger partial charge on any atom is -0.486 e. The lowest BCUT2D eigenvalue weighted by Gasteiger charge is -2.06. The summed E-state index contributed by atoms with van der Waals surface area (Å²) in [6.45, 7) is 4.92. The standard InChI is InChI=1S/C15H17F2NO2/c1-10(2)18-8-12-3-4-13(20-12)9-19-11-5-6-14(16)15(17)7-11/h3-7,10,18H,8-9H2,1-2H3. The molecule has 1 aromatic carbocycles. The summed E-state index contributed by atoms with van der Waals surface area (Å²) in [7, 11) is 0. The normalized spacial score (nSPS) is 11.1. The first-order chi connectivity index (χ1) is 9.54. The number of ether oxygens (including phenoxy) is 1. The average molecular weight is 281 g/mol. The lowest BCUT2D eigenvalue weighted by Crippen LogP contribution is -2.21. The van der Waals surface area contributed by atoms with Crippen molar-refractivity contribution in [3.05, 3.63) is 53.5 Å². The molecular formula is C15H17F2NO2. The molecule has 0 atom stereocenters. The topological polar surface area (TPSA) is 34.4 Å². The van der Waals surface area contributed by atoms with Crippen molar-refractivity contribution in [3.8, 4) is 5.75 Å². The van der Waals surface area contributed by atoms with E-state index in [0.29, 0.717) is 18.3 Å². The van der Waals surface area contributed by atoms with Crippen molar-refractivity contribution < 1.29 is 17.9 Å². The van der Waals surface area contributed by atoms with Crippen LogP contribution in [0.4, 0.5) is 8.78 Å². The maximum absolute atomic E-state index is 13.0. The Morgan fingerprint density at radius 3 is 2.55 bits per heavy atom. The van der Waals surface area contributed by atoms with Crippen LogP contribution in [0.3, 0.4) is 0 Å². The van der Waals surface area contributed by atoms with Crippen molar-refractivity contribution in [3.63, 3.8) is 0 Å². The van der Waals surface area contributed by atoms with Gasteiger partial charge in [0.1, 0.15) is 23.9 Å². The minimum absolute atomic E-state index is 0.173. The van der Waals surface area contributed by atoms with Gasteiger partial charge in [0.25, 0.3) is 0 Å². The third kappa shape index (κ3) is 4.06. The zero-order valence-electron chi connectivity index (χ0n) is 11.5. The van der Waals surface area contributed by atoms with Crippen LogP contribution in [0.2, 0.25) is 0 Å². The summed E-state index contributed by atoms with van der Waals surface area (Å²) in [4.78, 5) is 0. The van der Waals surface area contributed by atoms with Gasteiger partial charge in [0, 0.05) is 12.1 Å². The van der Waals surface area contributed by atoms with E-state index in [1.165, 1.54) is 6.07 Å². The van der Waals surface area contributed by atoms with Crippen molar-refractivity contribution in [1.82, 2.24) is 5.32 Å². The van der Waals surface area contributed by atoms with Crippen LogP contribution in [-0.2, 0) is 13.2 Å². The summed E-state index contributed by atoms with van der Waals surface area (Å²) in [5.74, 6) is -0.110. The highest BCUT2D eigenvalue weighted by Crippen LogP contribution is 2.17. The van der Waals surface area contributed by atoms with E-state index >= 15 is 0 Å². The van der Waals surface area contributed by atoms with Crippen LogP contribution in [0.1, 0.15) is 25.4 Å². The monoisotopic (exact) mass is 281 g/mol. The van der Waals surface area contributed by atoms with Gasteiger partial charge in [0.15, 0.2) is 11.6 Å². The van der Waals surface area contributed by atoms with E-state index in [-0.39, 0.29) is 12.4 Å². The van der Waals surface area contributed by atoms with E-state index in [1.807, 2.05) is 6.07 Å². The number of benzene rings is 1. The minimum atomic E-state index is -0.927. The number of hydrogen-bond acceptors (Lipinski definition) is 3. The molecule has 1 aromatic heterocycles. The van der Waals surface area contributed by atoms with Crippen molar-refractivity contribution in [2.75, 3.05) is 0 Å². The van der Waals surface area contributed by atoms with Gasteiger partial charge in [0.05, 0.1) is 6.54 Å². The number of nitrogens with one attached hydrogen (secondary N) is 1. The van der Waals surface area contributed by atoms with Gasteiger partial charge in [-0.05, 0) is 24.3 Å². The Bertz CT molecular complexity index is 567. The summed E-state index contributed by atoms with van der Waals surface area (Å²) in [6.07, 6.45) is 0. The first-order valence-corrected chi connectivity index (χ1v) is 6.43. The lowest BCUT2D eigenvalue weighted by atomic mass is 10.3. The van der Waals surface area contributed by atoms with Crippen LogP contribution in [0.15, 0.2) is 34.7 Å². The summed E-state index contributed by atoms with van der Waals surface area (Å²) < 4.78 is 36.7. The van der Waals surface area contributed by atoms with Gasteiger partial charge in [-0.25, -0.2) is 8.78 Å². The largest absolute Gasteiger partial charge is 0.486 e.